The molecule has 6 aromatic rings. The molecular weight excluding hydrogens is 410 g/mol. The number of hydrogen-bond acceptors (Lipinski definition) is 3. The summed E-state index contributed by atoms with van der Waals surface area (Å²) in [6.07, 6.45) is 4.09. The number of fused-ring (bicyclic) bond motifs is 3. The fourth-order valence-electron chi connectivity index (χ4n) is 4.32. The number of aromatic amines is 1. The van der Waals surface area contributed by atoms with E-state index < -0.39 is 0 Å². The van der Waals surface area contributed by atoms with E-state index in [9.17, 15) is 4.79 Å². The van der Waals surface area contributed by atoms with Gasteiger partial charge in [-0.1, -0.05) is 54.6 Å². The second-order valence-corrected chi connectivity index (χ2v) is 7.96. The van der Waals surface area contributed by atoms with Gasteiger partial charge in [0.2, 0.25) is 0 Å². The van der Waals surface area contributed by atoms with Crippen LogP contribution < -0.4 is 11.0 Å². The molecule has 3 aromatic carbocycles. The maximum Gasteiger partial charge on any atom is 0.348 e. The van der Waals surface area contributed by atoms with Crippen LogP contribution in [0.1, 0.15) is 5.56 Å². The highest BCUT2D eigenvalue weighted by Crippen LogP contribution is 2.30. The third-order valence-corrected chi connectivity index (χ3v) is 5.94. The minimum atomic E-state index is -0.227. The van der Waals surface area contributed by atoms with E-state index in [4.69, 9.17) is 0 Å². The predicted octanol–water partition coefficient (Wildman–Crippen LogP) is 5.25. The molecule has 6 heteroatoms. The summed E-state index contributed by atoms with van der Waals surface area (Å²) in [6, 6.07) is 30.7. The Balaban J connectivity index is 1.31. The second kappa shape index (κ2) is 7.84. The van der Waals surface area contributed by atoms with Crippen LogP contribution in [0.15, 0.2) is 108 Å². The molecule has 160 valence electrons. The van der Waals surface area contributed by atoms with Crippen molar-refractivity contribution in [1.82, 2.24) is 19.2 Å². The molecule has 2 N–H and O–H groups in total. The first-order valence-corrected chi connectivity index (χ1v) is 10.8. The SMILES string of the molecule is O=c1[nH]nc2cc(-c3ccc(CNc4ccccc4-n4cccc4)cc3)c3ccccc3n12. The number of benzene rings is 3. The zero-order valence-electron chi connectivity index (χ0n) is 17.8. The molecule has 3 heterocycles. The van der Waals surface area contributed by atoms with Crippen LogP contribution in [0.3, 0.4) is 0 Å². The van der Waals surface area contributed by atoms with Crippen molar-refractivity contribution in [3.63, 3.8) is 0 Å². The number of nitrogens with zero attached hydrogens (tertiary/aromatic N) is 3. The minimum absolute atomic E-state index is 0.227. The van der Waals surface area contributed by atoms with Crippen LogP contribution in [0.5, 0.6) is 0 Å². The van der Waals surface area contributed by atoms with Gasteiger partial charge in [-0.3, -0.25) is 0 Å². The molecule has 0 spiro atoms. The summed E-state index contributed by atoms with van der Waals surface area (Å²) in [6.45, 7) is 0.715. The van der Waals surface area contributed by atoms with Gasteiger partial charge in [-0.2, -0.15) is 5.10 Å². The molecule has 0 unspecified atom stereocenters. The first kappa shape index (κ1) is 19.1. The fourth-order valence-corrected chi connectivity index (χ4v) is 4.32. The van der Waals surface area contributed by atoms with Crippen molar-refractivity contribution in [2.45, 2.75) is 6.54 Å². The molecule has 0 aliphatic carbocycles. The molecular formula is C27H21N5O. The van der Waals surface area contributed by atoms with E-state index in [1.54, 1.807) is 4.40 Å². The van der Waals surface area contributed by atoms with Crippen LogP contribution in [0.4, 0.5) is 5.69 Å². The van der Waals surface area contributed by atoms with Gasteiger partial charge in [0.05, 0.1) is 16.9 Å². The number of nitrogens with one attached hydrogen (secondary N) is 2. The first-order valence-electron chi connectivity index (χ1n) is 10.8. The third kappa shape index (κ3) is 3.38. The van der Waals surface area contributed by atoms with Gasteiger partial charge >= 0.3 is 5.69 Å². The minimum Gasteiger partial charge on any atom is -0.379 e. The lowest BCUT2D eigenvalue weighted by atomic mass is 10.00. The van der Waals surface area contributed by atoms with E-state index in [2.05, 4.69) is 56.5 Å². The molecule has 0 fully saturated rings. The predicted molar refractivity (Wildman–Crippen MR) is 132 cm³/mol. The van der Waals surface area contributed by atoms with Gasteiger partial charge in [-0.05, 0) is 53.1 Å². The van der Waals surface area contributed by atoms with E-state index in [1.165, 1.54) is 5.56 Å². The Morgan fingerprint density at radius 2 is 1.61 bits per heavy atom. The Labute approximate surface area is 189 Å². The summed E-state index contributed by atoms with van der Waals surface area (Å²) in [5.74, 6) is 0. The number of H-pyrrole nitrogens is 1. The Morgan fingerprint density at radius 3 is 2.45 bits per heavy atom. The fraction of sp³-hybridized carbons (Fsp3) is 0.0370. The quantitative estimate of drug-likeness (QED) is 0.392. The monoisotopic (exact) mass is 431 g/mol. The van der Waals surface area contributed by atoms with Crippen LogP contribution in [-0.4, -0.2) is 19.2 Å². The molecule has 6 nitrogen and oxygen atoms in total. The number of hydrogen-bond donors (Lipinski definition) is 2. The van der Waals surface area contributed by atoms with E-state index in [0.717, 1.165) is 33.4 Å². The van der Waals surface area contributed by atoms with Crippen LogP contribution in [-0.2, 0) is 6.54 Å². The normalized spacial score (nSPS) is 11.3. The lowest BCUT2D eigenvalue weighted by Crippen LogP contribution is -2.10. The zero-order chi connectivity index (χ0) is 22.2. The molecule has 0 aliphatic rings. The van der Waals surface area contributed by atoms with Gasteiger partial charge in [0.1, 0.15) is 0 Å². The molecule has 6 rings (SSSR count). The number of anilines is 1. The Morgan fingerprint density at radius 1 is 0.848 bits per heavy atom. The van der Waals surface area contributed by atoms with Crippen molar-refractivity contribution in [3.8, 4) is 16.8 Å². The Hall–Kier alpha value is -4.58. The smallest absolute Gasteiger partial charge is 0.348 e. The zero-order valence-corrected chi connectivity index (χ0v) is 17.8. The standard InChI is InChI=1S/C27H21N5O/c33-27-30-29-26-17-22(21-7-1-3-9-24(21)32(26)27)20-13-11-19(12-14-20)18-28-23-8-2-4-10-25(23)31-15-5-6-16-31/h1-17,28H,18H2,(H,30,33). The van der Waals surface area contributed by atoms with E-state index in [0.29, 0.717) is 12.2 Å². The summed E-state index contributed by atoms with van der Waals surface area (Å²) < 4.78 is 3.71. The Kier molecular flexibility index (Phi) is 4.54. The van der Waals surface area contributed by atoms with Gasteiger partial charge in [0.15, 0.2) is 5.65 Å². The van der Waals surface area contributed by atoms with Crippen LogP contribution in [0, 0.1) is 0 Å². The molecule has 0 bridgehead atoms. The van der Waals surface area contributed by atoms with Gasteiger partial charge < -0.3 is 9.88 Å². The summed E-state index contributed by atoms with van der Waals surface area (Å²) in [5.41, 5.74) is 6.75. The van der Waals surface area contributed by atoms with E-state index in [1.807, 2.05) is 67.0 Å². The molecule has 0 saturated carbocycles. The van der Waals surface area contributed by atoms with Crippen LogP contribution in [0.25, 0.3) is 33.4 Å². The average Bonchev–Trinajstić information content (AvgIpc) is 3.53. The average molecular weight is 431 g/mol. The molecule has 0 saturated heterocycles. The largest absolute Gasteiger partial charge is 0.379 e. The topological polar surface area (TPSA) is 67.1 Å². The summed E-state index contributed by atoms with van der Waals surface area (Å²) in [5, 5.41) is 11.3. The highest BCUT2D eigenvalue weighted by Gasteiger charge is 2.11. The van der Waals surface area contributed by atoms with Crippen molar-refractivity contribution < 1.29 is 0 Å². The first-order chi connectivity index (χ1) is 16.3. The van der Waals surface area contributed by atoms with Crippen LogP contribution in [0.2, 0.25) is 0 Å². The molecule has 3 aromatic heterocycles. The van der Waals surface area contributed by atoms with Gasteiger partial charge in [0.25, 0.3) is 0 Å². The van der Waals surface area contributed by atoms with Crippen molar-refractivity contribution in [1.29, 1.82) is 0 Å². The maximum absolute atomic E-state index is 12.2. The third-order valence-electron chi connectivity index (χ3n) is 5.94. The maximum atomic E-state index is 12.2. The highest BCUT2D eigenvalue weighted by molar-refractivity contribution is 5.97. The molecule has 0 radical (unpaired) electrons. The lowest BCUT2D eigenvalue weighted by molar-refractivity contribution is 1.04. The lowest BCUT2D eigenvalue weighted by Gasteiger charge is -2.13. The van der Waals surface area contributed by atoms with Crippen molar-refractivity contribution in [2.75, 3.05) is 5.32 Å². The van der Waals surface area contributed by atoms with Crippen molar-refractivity contribution in [2.24, 2.45) is 0 Å². The van der Waals surface area contributed by atoms with Gasteiger partial charge in [-0.15, -0.1) is 0 Å². The summed E-state index contributed by atoms with van der Waals surface area (Å²) >= 11 is 0. The Bertz CT molecular complexity index is 1630. The van der Waals surface area contributed by atoms with E-state index in [-0.39, 0.29) is 5.69 Å². The van der Waals surface area contributed by atoms with Gasteiger partial charge in [-0.25, -0.2) is 14.3 Å². The number of para-hydroxylation sites is 3. The molecule has 0 atom stereocenters. The second-order valence-electron chi connectivity index (χ2n) is 7.96. The molecule has 33 heavy (non-hydrogen) atoms. The summed E-state index contributed by atoms with van der Waals surface area (Å²) in [7, 11) is 0. The van der Waals surface area contributed by atoms with Crippen molar-refractivity contribution in [3.05, 3.63) is 119 Å². The van der Waals surface area contributed by atoms with E-state index >= 15 is 0 Å². The van der Waals surface area contributed by atoms with Gasteiger partial charge in [0, 0.05) is 24.3 Å². The number of rotatable bonds is 5. The molecule has 0 aliphatic heterocycles. The highest BCUT2D eigenvalue weighted by atomic mass is 16.1. The molecule has 0 amide bonds. The number of aromatic nitrogens is 4. The summed E-state index contributed by atoms with van der Waals surface area (Å²) in [4.78, 5) is 12.2. The van der Waals surface area contributed by atoms with Crippen LogP contribution >= 0.6 is 0 Å². The van der Waals surface area contributed by atoms with Crippen molar-refractivity contribution >= 4 is 22.2 Å². The number of pyridine rings is 1.